The Hall–Kier alpha value is -2.25. The van der Waals surface area contributed by atoms with Crippen LogP contribution in [-0.4, -0.2) is 53.2 Å². The van der Waals surface area contributed by atoms with Crippen LogP contribution in [0, 0.1) is 18.3 Å². The molecule has 2 aliphatic heterocycles. The van der Waals surface area contributed by atoms with Crippen LogP contribution in [0.4, 0.5) is 0 Å². The van der Waals surface area contributed by atoms with E-state index in [-0.39, 0.29) is 18.4 Å². The SMILES string of the molecule is Cc1nc(-c2ccsc2)ccc1C(=O)N1C[C@H]2COCC[C@@]2(C(=O)O)C1. The van der Waals surface area contributed by atoms with Gasteiger partial charge in [0.15, 0.2) is 0 Å². The van der Waals surface area contributed by atoms with Gasteiger partial charge in [0.2, 0.25) is 0 Å². The Labute approximate surface area is 155 Å². The molecule has 0 radical (unpaired) electrons. The average molecular weight is 372 g/mol. The number of fused-ring (bicyclic) bond motifs is 1. The van der Waals surface area contributed by atoms with Crippen molar-refractivity contribution in [3.8, 4) is 11.3 Å². The first-order chi connectivity index (χ1) is 12.5. The van der Waals surface area contributed by atoms with Gasteiger partial charge in [0.25, 0.3) is 5.91 Å². The summed E-state index contributed by atoms with van der Waals surface area (Å²) in [6, 6.07) is 5.64. The van der Waals surface area contributed by atoms with Crippen LogP contribution in [0.3, 0.4) is 0 Å². The average Bonchev–Trinajstić information content (AvgIpc) is 3.29. The summed E-state index contributed by atoms with van der Waals surface area (Å²) in [6.07, 6.45) is 0.450. The number of nitrogens with zero attached hydrogens (tertiary/aromatic N) is 2. The highest BCUT2D eigenvalue weighted by Gasteiger charge is 2.55. The van der Waals surface area contributed by atoms with Crippen molar-refractivity contribution in [2.24, 2.45) is 11.3 Å². The minimum atomic E-state index is -0.883. The van der Waals surface area contributed by atoms with E-state index < -0.39 is 11.4 Å². The third-order valence-corrected chi connectivity index (χ3v) is 6.24. The number of hydrogen-bond donors (Lipinski definition) is 1. The van der Waals surface area contributed by atoms with Gasteiger partial charge in [-0.05, 0) is 36.9 Å². The minimum absolute atomic E-state index is 0.151. The fraction of sp³-hybridized carbons (Fsp3) is 0.421. The second-order valence-corrected chi connectivity index (χ2v) is 7.79. The van der Waals surface area contributed by atoms with Gasteiger partial charge in [0, 0.05) is 36.6 Å². The topological polar surface area (TPSA) is 79.7 Å². The zero-order valence-electron chi connectivity index (χ0n) is 14.5. The van der Waals surface area contributed by atoms with Crippen LogP contribution in [0.15, 0.2) is 29.0 Å². The zero-order valence-corrected chi connectivity index (χ0v) is 15.3. The van der Waals surface area contributed by atoms with E-state index in [1.54, 1.807) is 22.3 Å². The van der Waals surface area contributed by atoms with Crippen molar-refractivity contribution in [2.45, 2.75) is 13.3 Å². The predicted molar refractivity (Wildman–Crippen MR) is 97.2 cm³/mol. The van der Waals surface area contributed by atoms with Crippen LogP contribution in [0.5, 0.6) is 0 Å². The van der Waals surface area contributed by atoms with Crippen LogP contribution in [0.1, 0.15) is 22.5 Å². The number of carbonyl (C=O) groups excluding carboxylic acids is 1. The third kappa shape index (κ3) is 2.71. The van der Waals surface area contributed by atoms with Gasteiger partial charge in [-0.15, -0.1) is 0 Å². The van der Waals surface area contributed by atoms with E-state index in [1.807, 2.05) is 29.8 Å². The van der Waals surface area contributed by atoms with Gasteiger partial charge in [-0.1, -0.05) is 0 Å². The molecule has 1 N–H and O–H groups in total. The Bertz CT molecular complexity index is 851. The molecule has 2 aromatic rings. The van der Waals surface area contributed by atoms with Gasteiger partial charge < -0.3 is 14.7 Å². The largest absolute Gasteiger partial charge is 0.481 e. The Morgan fingerprint density at radius 3 is 2.88 bits per heavy atom. The summed E-state index contributed by atoms with van der Waals surface area (Å²) in [5, 5.41) is 13.8. The third-order valence-electron chi connectivity index (χ3n) is 5.55. The van der Waals surface area contributed by atoms with Gasteiger partial charge in [-0.3, -0.25) is 14.6 Å². The molecule has 4 rings (SSSR count). The Morgan fingerprint density at radius 2 is 2.23 bits per heavy atom. The van der Waals surface area contributed by atoms with E-state index in [0.29, 0.717) is 37.4 Å². The first-order valence-electron chi connectivity index (χ1n) is 8.62. The monoisotopic (exact) mass is 372 g/mol. The number of carbonyl (C=O) groups is 2. The number of carboxylic acids is 1. The van der Waals surface area contributed by atoms with Gasteiger partial charge in [-0.25, -0.2) is 0 Å². The summed E-state index contributed by atoms with van der Waals surface area (Å²) < 4.78 is 5.46. The summed E-state index contributed by atoms with van der Waals surface area (Å²) in [4.78, 5) is 31.2. The number of rotatable bonds is 3. The van der Waals surface area contributed by atoms with Crippen molar-refractivity contribution in [1.82, 2.24) is 9.88 Å². The second kappa shape index (κ2) is 6.48. The van der Waals surface area contributed by atoms with E-state index in [4.69, 9.17) is 4.74 Å². The number of aryl methyl sites for hydroxylation is 1. The molecule has 0 spiro atoms. The predicted octanol–water partition coefficient (Wildman–Crippen LogP) is 2.68. The van der Waals surface area contributed by atoms with Gasteiger partial charge in [0.05, 0.1) is 29.0 Å². The molecular formula is C19H20N2O4S. The van der Waals surface area contributed by atoms with Crippen molar-refractivity contribution in [3.63, 3.8) is 0 Å². The Morgan fingerprint density at radius 1 is 1.38 bits per heavy atom. The normalized spacial score (nSPS) is 25.1. The van der Waals surface area contributed by atoms with Crippen LogP contribution < -0.4 is 0 Å². The molecule has 2 atom stereocenters. The summed E-state index contributed by atoms with van der Waals surface area (Å²) in [5.74, 6) is -1.14. The maximum atomic E-state index is 13.0. The number of aliphatic carboxylic acids is 1. The number of likely N-dealkylation sites (tertiary alicyclic amines) is 1. The molecule has 0 saturated carbocycles. The van der Waals surface area contributed by atoms with Crippen molar-refractivity contribution < 1.29 is 19.4 Å². The molecule has 7 heteroatoms. The second-order valence-electron chi connectivity index (χ2n) is 7.01. The molecule has 0 aliphatic carbocycles. The van der Waals surface area contributed by atoms with E-state index in [9.17, 15) is 14.7 Å². The lowest BCUT2D eigenvalue weighted by molar-refractivity contribution is -0.157. The quantitative estimate of drug-likeness (QED) is 0.896. The molecular weight excluding hydrogens is 352 g/mol. The van der Waals surface area contributed by atoms with Gasteiger partial charge in [0.1, 0.15) is 0 Å². The molecule has 2 aliphatic rings. The molecule has 2 aromatic heterocycles. The number of ether oxygens (including phenoxy) is 1. The van der Waals surface area contributed by atoms with E-state index in [2.05, 4.69) is 4.98 Å². The number of hydrogen-bond acceptors (Lipinski definition) is 5. The molecule has 0 unspecified atom stereocenters. The van der Waals surface area contributed by atoms with E-state index in [1.165, 1.54) is 0 Å². The van der Waals surface area contributed by atoms with Gasteiger partial charge >= 0.3 is 5.97 Å². The number of aromatic nitrogens is 1. The highest BCUT2D eigenvalue weighted by atomic mass is 32.1. The van der Waals surface area contributed by atoms with E-state index >= 15 is 0 Å². The fourth-order valence-corrected chi connectivity index (χ4v) is 4.63. The lowest BCUT2D eigenvalue weighted by Crippen LogP contribution is -2.45. The van der Waals surface area contributed by atoms with Gasteiger partial charge in [-0.2, -0.15) is 11.3 Å². The number of thiophene rings is 1. The summed E-state index contributed by atoms with van der Waals surface area (Å²) in [5.41, 5.74) is 2.18. The molecule has 2 fully saturated rings. The van der Waals surface area contributed by atoms with Crippen LogP contribution in [-0.2, 0) is 9.53 Å². The highest BCUT2D eigenvalue weighted by Crippen LogP contribution is 2.43. The molecule has 4 heterocycles. The molecule has 136 valence electrons. The van der Waals surface area contributed by atoms with E-state index in [0.717, 1.165) is 11.3 Å². The lowest BCUT2D eigenvalue weighted by Gasteiger charge is -2.33. The van der Waals surface area contributed by atoms with Crippen LogP contribution >= 0.6 is 11.3 Å². The number of carboxylic acid groups (broad SMARTS) is 1. The van der Waals surface area contributed by atoms with Crippen molar-refractivity contribution in [1.29, 1.82) is 0 Å². The Balaban J connectivity index is 1.59. The Kier molecular flexibility index (Phi) is 4.28. The molecule has 2 saturated heterocycles. The molecule has 0 aromatic carbocycles. The summed E-state index contributed by atoms with van der Waals surface area (Å²) >= 11 is 1.60. The fourth-order valence-electron chi connectivity index (χ4n) is 3.98. The number of pyridine rings is 1. The summed E-state index contributed by atoms with van der Waals surface area (Å²) in [7, 11) is 0. The number of amides is 1. The standard InChI is InChI=1S/C19H20N2O4S/c1-12-15(2-3-16(20-12)13-4-7-26-10-13)17(22)21-8-14-9-25-6-5-19(14,11-21)18(23)24/h2-4,7,10,14H,5-6,8-9,11H2,1H3,(H,23,24)/t14-,19+/m0/s1. The first-order valence-corrected chi connectivity index (χ1v) is 9.56. The minimum Gasteiger partial charge on any atom is -0.481 e. The van der Waals surface area contributed by atoms with Crippen molar-refractivity contribution in [2.75, 3.05) is 26.3 Å². The zero-order chi connectivity index (χ0) is 18.3. The molecule has 26 heavy (non-hydrogen) atoms. The maximum Gasteiger partial charge on any atom is 0.311 e. The summed E-state index contributed by atoms with van der Waals surface area (Å²) in [6.45, 7) is 3.30. The first kappa shape index (κ1) is 17.2. The molecule has 0 bridgehead atoms. The van der Waals surface area contributed by atoms with Crippen LogP contribution in [0.2, 0.25) is 0 Å². The molecule has 6 nitrogen and oxygen atoms in total. The highest BCUT2D eigenvalue weighted by molar-refractivity contribution is 7.08. The molecule has 1 amide bonds. The van der Waals surface area contributed by atoms with Crippen molar-refractivity contribution >= 4 is 23.2 Å². The van der Waals surface area contributed by atoms with Crippen molar-refractivity contribution in [3.05, 3.63) is 40.2 Å². The lowest BCUT2D eigenvalue weighted by atomic mass is 9.74. The maximum absolute atomic E-state index is 13.0. The smallest absolute Gasteiger partial charge is 0.311 e. The van der Waals surface area contributed by atoms with Crippen LogP contribution in [0.25, 0.3) is 11.3 Å².